The second-order valence-corrected chi connectivity index (χ2v) is 11.0. The van der Waals surface area contributed by atoms with Crippen molar-refractivity contribution >= 4 is 23.0 Å². The number of carbonyl (C=O) groups excluding carboxylic acids is 1. The number of anilines is 2. The van der Waals surface area contributed by atoms with Gasteiger partial charge in [0.25, 0.3) is 0 Å². The van der Waals surface area contributed by atoms with Crippen molar-refractivity contribution in [2.45, 2.75) is 66.5 Å². The van der Waals surface area contributed by atoms with Gasteiger partial charge in [-0.15, -0.1) is 9.89 Å². The van der Waals surface area contributed by atoms with Crippen LogP contribution < -0.4 is 14.5 Å². The molecule has 0 bridgehead atoms. The summed E-state index contributed by atoms with van der Waals surface area (Å²) in [6, 6.07) is 12.5. The Balaban J connectivity index is 1.52. The number of likely N-dealkylation sites (tertiary alicyclic amines) is 1. The Morgan fingerprint density at radius 2 is 1.80 bits per heavy atom. The Kier molecular flexibility index (Phi) is 7.68. The lowest BCUT2D eigenvalue weighted by molar-refractivity contribution is -0.118. The number of hydrogen-bond donors (Lipinski definition) is 0. The van der Waals surface area contributed by atoms with Crippen LogP contribution >= 0.6 is 0 Å². The zero-order valence-corrected chi connectivity index (χ0v) is 24.9. The molecule has 2 aromatic carbocycles. The number of ether oxygens (including phenoxy) is 1. The molecular formula is C31H41N7O2. The molecule has 0 aliphatic carbocycles. The fourth-order valence-corrected chi connectivity index (χ4v) is 6.02. The Morgan fingerprint density at radius 1 is 1.05 bits per heavy atom. The number of carbonyl (C=O) groups is 1. The van der Waals surface area contributed by atoms with Gasteiger partial charge in [0.15, 0.2) is 5.82 Å². The molecule has 3 aromatic rings. The number of nitrogens with zero attached hydrogens (tertiary/aromatic N) is 7. The summed E-state index contributed by atoms with van der Waals surface area (Å²) < 4.78 is 6.08. The Bertz CT molecular complexity index is 1440. The molecule has 0 radical (unpaired) electrons. The molecule has 1 atom stereocenters. The van der Waals surface area contributed by atoms with E-state index in [1.165, 1.54) is 5.56 Å². The summed E-state index contributed by atoms with van der Waals surface area (Å²) in [5, 5.41) is 9.60. The number of amides is 1. The van der Waals surface area contributed by atoms with E-state index in [-0.39, 0.29) is 5.91 Å². The highest BCUT2D eigenvalue weighted by atomic mass is 16.5. The highest BCUT2D eigenvalue weighted by molar-refractivity contribution is 6.06. The molecule has 1 fully saturated rings. The van der Waals surface area contributed by atoms with Gasteiger partial charge in [-0.1, -0.05) is 17.7 Å². The summed E-state index contributed by atoms with van der Waals surface area (Å²) in [5.74, 6) is 2.13. The lowest BCUT2D eigenvalue weighted by Gasteiger charge is -2.46. The molecule has 40 heavy (non-hydrogen) atoms. The fraction of sp³-hybridized carbons (Fsp3) is 0.484. The molecule has 3 heterocycles. The van der Waals surface area contributed by atoms with Crippen molar-refractivity contribution in [1.29, 1.82) is 0 Å². The van der Waals surface area contributed by atoms with Gasteiger partial charge < -0.3 is 9.64 Å². The minimum absolute atomic E-state index is 0.0580. The highest BCUT2D eigenvalue weighted by Crippen LogP contribution is 2.43. The van der Waals surface area contributed by atoms with Crippen LogP contribution in [0.4, 0.5) is 11.4 Å². The Labute approximate surface area is 237 Å². The van der Waals surface area contributed by atoms with Crippen LogP contribution in [0.3, 0.4) is 0 Å². The number of fused-ring (bicyclic) bond motifs is 1. The van der Waals surface area contributed by atoms with E-state index in [9.17, 15) is 4.79 Å². The SMILES string of the molecule is CCN(C)c1ccc(N(C(C)=O)C2(N3CCCC3)C(C)=Nn3nc(CCOc4ccc(C)cc4C)nc32)c(C)c1. The molecule has 2 aliphatic rings. The first-order valence-electron chi connectivity index (χ1n) is 14.3. The van der Waals surface area contributed by atoms with Crippen molar-refractivity contribution in [2.75, 3.05) is 43.1 Å². The predicted molar refractivity (Wildman–Crippen MR) is 159 cm³/mol. The molecule has 0 saturated carbocycles. The molecule has 0 spiro atoms. The van der Waals surface area contributed by atoms with E-state index in [0.717, 1.165) is 66.4 Å². The van der Waals surface area contributed by atoms with Gasteiger partial charge in [-0.25, -0.2) is 4.98 Å². The van der Waals surface area contributed by atoms with Crippen LogP contribution in [0.25, 0.3) is 0 Å². The first-order chi connectivity index (χ1) is 19.2. The van der Waals surface area contributed by atoms with Gasteiger partial charge >= 0.3 is 0 Å². The largest absolute Gasteiger partial charge is 0.493 e. The van der Waals surface area contributed by atoms with E-state index in [1.54, 1.807) is 11.7 Å². The smallest absolute Gasteiger partial charge is 0.226 e. The number of rotatable bonds is 9. The van der Waals surface area contributed by atoms with Gasteiger partial charge in [0.2, 0.25) is 17.4 Å². The molecule has 1 aromatic heterocycles. The maximum Gasteiger partial charge on any atom is 0.226 e. The summed E-state index contributed by atoms with van der Waals surface area (Å²) in [6.45, 7) is 15.0. The minimum Gasteiger partial charge on any atom is -0.493 e. The average Bonchev–Trinajstić information content (AvgIpc) is 3.64. The standard InChI is InChI=1S/C31H41N7O2/c1-8-35(7)26-12-13-27(22(3)20-26)37(25(6)39)31(36-16-9-10-17-36)24(5)33-38-30(31)32-29(34-38)15-18-40-28-14-11-21(2)19-23(28)4/h11-14,19-20H,8-10,15-18H2,1-7H3. The molecule has 1 unspecified atom stereocenters. The number of benzene rings is 2. The quantitative estimate of drug-likeness (QED) is 0.385. The zero-order chi connectivity index (χ0) is 28.6. The third-order valence-electron chi connectivity index (χ3n) is 8.15. The van der Waals surface area contributed by atoms with E-state index in [2.05, 4.69) is 74.9 Å². The van der Waals surface area contributed by atoms with Gasteiger partial charge in [-0.05, 0) is 82.9 Å². The normalized spacial score (nSPS) is 18.5. The predicted octanol–water partition coefficient (Wildman–Crippen LogP) is 4.82. The molecule has 0 N–H and O–H groups in total. The van der Waals surface area contributed by atoms with Crippen LogP contribution in [0, 0.1) is 20.8 Å². The van der Waals surface area contributed by atoms with E-state index in [1.807, 2.05) is 17.9 Å². The molecule has 212 valence electrons. The van der Waals surface area contributed by atoms with Gasteiger partial charge in [-0.2, -0.15) is 5.10 Å². The maximum atomic E-state index is 13.6. The molecule has 5 rings (SSSR count). The van der Waals surface area contributed by atoms with Gasteiger partial charge in [-0.3, -0.25) is 14.6 Å². The Morgan fingerprint density at radius 3 is 2.45 bits per heavy atom. The van der Waals surface area contributed by atoms with Gasteiger partial charge in [0, 0.05) is 51.4 Å². The van der Waals surface area contributed by atoms with Crippen molar-refractivity contribution in [2.24, 2.45) is 5.10 Å². The van der Waals surface area contributed by atoms with E-state index >= 15 is 0 Å². The van der Waals surface area contributed by atoms with Crippen LogP contribution in [0.5, 0.6) is 5.75 Å². The second kappa shape index (κ2) is 11.0. The first-order valence-corrected chi connectivity index (χ1v) is 14.3. The van der Waals surface area contributed by atoms with Crippen LogP contribution in [0.15, 0.2) is 41.5 Å². The fourth-order valence-electron chi connectivity index (χ4n) is 6.02. The van der Waals surface area contributed by atoms with Crippen molar-refractivity contribution < 1.29 is 9.53 Å². The minimum atomic E-state index is -0.940. The maximum absolute atomic E-state index is 13.6. The summed E-state index contributed by atoms with van der Waals surface area (Å²) in [7, 11) is 2.07. The third kappa shape index (κ3) is 4.76. The monoisotopic (exact) mass is 543 g/mol. The number of aromatic nitrogens is 3. The second-order valence-electron chi connectivity index (χ2n) is 11.0. The van der Waals surface area contributed by atoms with Crippen LogP contribution in [0.2, 0.25) is 0 Å². The van der Waals surface area contributed by atoms with Crippen LogP contribution in [-0.4, -0.2) is 64.7 Å². The summed E-state index contributed by atoms with van der Waals surface area (Å²) >= 11 is 0. The molecule has 9 nitrogen and oxygen atoms in total. The zero-order valence-electron chi connectivity index (χ0n) is 24.9. The molecule has 1 saturated heterocycles. The van der Waals surface area contributed by atoms with E-state index < -0.39 is 5.66 Å². The summed E-state index contributed by atoms with van der Waals surface area (Å²) in [4.78, 5) is 26.7. The van der Waals surface area contributed by atoms with E-state index in [4.69, 9.17) is 19.9 Å². The van der Waals surface area contributed by atoms with Crippen molar-refractivity contribution in [3.63, 3.8) is 0 Å². The van der Waals surface area contributed by atoms with Crippen molar-refractivity contribution in [3.05, 3.63) is 64.7 Å². The molecule has 9 heteroatoms. The van der Waals surface area contributed by atoms with Gasteiger partial charge in [0.05, 0.1) is 12.3 Å². The van der Waals surface area contributed by atoms with Gasteiger partial charge in [0.1, 0.15) is 5.75 Å². The summed E-state index contributed by atoms with van der Waals surface area (Å²) in [6.07, 6.45) is 2.66. The average molecular weight is 544 g/mol. The van der Waals surface area contributed by atoms with E-state index in [0.29, 0.717) is 24.7 Å². The summed E-state index contributed by atoms with van der Waals surface area (Å²) in [5.41, 5.74) is 5.18. The topological polar surface area (TPSA) is 79.1 Å². The lowest BCUT2D eigenvalue weighted by Crippen LogP contribution is -2.63. The first kappa shape index (κ1) is 27.8. The third-order valence-corrected chi connectivity index (χ3v) is 8.15. The lowest BCUT2D eigenvalue weighted by atomic mass is 9.97. The van der Waals surface area contributed by atoms with Crippen molar-refractivity contribution in [1.82, 2.24) is 19.8 Å². The molecule has 2 aliphatic heterocycles. The number of hydrogen-bond acceptors (Lipinski definition) is 7. The number of aryl methyl sites for hydroxylation is 3. The highest BCUT2D eigenvalue weighted by Gasteiger charge is 2.56. The van der Waals surface area contributed by atoms with Crippen molar-refractivity contribution in [3.8, 4) is 5.75 Å². The molecule has 1 amide bonds. The van der Waals surface area contributed by atoms with Crippen LogP contribution in [-0.2, 0) is 16.9 Å². The Hall–Kier alpha value is -3.72. The van der Waals surface area contributed by atoms with Crippen LogP contribution in [0.1, 0.15) is 62.0 Å². The molecular weight excluding hydrogens is 502 g/mol.